The van der Waals surface area contributed by atoms with Gasteiger partial charge in [0.05, 0.1) is 6.26 Å². The van der Waals surface area contributed by atoms with E-state index in [-0.39, 0.29) is 31.0 Å². The van der Waals surface area contributed by atoms with Crippen molar-refractivity contribution in [1.29, 1.82) is 0 Å². The number of benzene rings is 1. The standard InChI is InChI=1S/C15H22FN3O3S/c1-23(21,22)18-11-13-7-4-5-9-19(13)15(20)17-10-12-6-2-3-8-14(12)16/h2-3,6,8,13,18H,4-5,7,9-11H2,1H3,(H,17,20)/t13-/m1/s1. The lowest BCUT2D eigenvalue weighted by Gasteiger charge is -2.35. The highest BCUT2D eigenvalue weighted by Gasteiger charge is 2.27. The summed E-state index contributed by atoms with van der Waals surface area (Å²) in [6.45, 7) is 0.874. The van der Waals surface area contributed by atoms with Gasteiger partial charge in [-0.05, 0) is 25.3 Å². The van der Waals surface area contributed by atoms with E-state index < -0.39 is 10.0 Å². The van der Waals surface area contributed by atoms with Crippen LogP contribution in [0, 0.1) is 5.82 Å². The number of likely N-dealkylation sites (tertiary alicyclic amines) is 1. The molecule has 1 saturated heterocycles. The summed E-state index contributed by atoms with van der Waals surface area (Å²) in [6.07, 6.45) is 3.67. The molecule has 6 nitrogen and oxygen atoms in total. The van der Waals surface area contributed by atoms with Crippen LogP contribution in [0.4, 0.5) is 9.18 Å². The molecule has 0 radical (unpaired) electrons. The van der Waals surface area contributed by atoms with Gasteiger partial charge in [0, 0.05) is 31.2 Å². The van der Waals surface area contributed by atoms with Crippen molar-refractivity contribution in [2.75, 3.05) is 19.3 Å². The fourth-order valence-electron chi connectivity index (χ4n) is 2.64. The summed E-state index contributed by atoms with van der Waals surface area (Å²) in [5.41, 5.74) is 0.420. The molecule has 0 spiro atoms. The van der Waals surface area contributed by atoms with Crippen LogP contribution in [-0.2, 0) is 16.6 Å². The number of carbonyl (C=O) groups excluding carboxylic acids is 1. The van der Waals surface area contributed by atoms with E-state index >= 15 is 0 Å². The average molecular weight is 343 g/mol. The van der Waals surface area contributed by atoms with Crippen molar-refractivity contribution >= 4 is 16.1 Å². The molecule has 2 rings (SSSR count). The molecule has 2 N–H and O–H groups in total. The number of hydrogen-bond donors (Lipinski definition) is 2. The van der Waals surface area contributed by atoms with E-state index in [0.29, 0.717) is 12.1 Å². The first-order valence-electron chi connectivity index (χ1n) is 7.59. The molecule has 1 heterocycles. The van der Waals surface area contributed by atoms with Crippen LogP contribution < -0.4 is 10.0 Å². The fraction of sp³-hybridized carbons (Fsp3) is 0.533. The lowest BCUT2D eigenvalue weighted by atomic mass is 10.0. The number of sulfonamides is 1. The van der Waals surface area contributed by atoms with Crippen molar-refractivity contribution in [3.8, 4) is 0 Å². The predicted molar refractivity (Wildman–Crippen MR) is 85.8 cm³/mol. The average Bonchev–Trinajstić information content (AvgIpc) is 2.51. The summed E-state index contributed by atoms with van der Waals surface area (Å²) >= 11 is 0. The van der Waals surface area contributed by atoms with Crippen molar-refractivity contribution in [1.82, 2.24) is 14.9 Å². The Bertz CT molecular complexity index is 651. The number of amides is 2. The number of hydrogen-bond acceptors (Lipinski definition) is 3. The third-order valence-corrected chi connectivity index (χ3v) is 4.55. The second-order valence-electron chi connectivity index (χ2n) is 5.71. The van der Waals surface area contributed by atoms with E-state index in [9.17, 15) is 17.6 Å². The Morgan fingerprint density at radius 2 is 2.09 bits per heavy atom. The minimum atomic E-state index is -3.29. The van der Waals surface area contributed by atoms with Gasteiger partial charge in [0.25, 0.3) is 0 Å². The van der Waals surface area contributed by atoms with Gasteiger partial charge in [0.15, 0.2) is 0 Å². The monoisotopic (exact) mass is 343 g/mol. The molecule has 1 aliphatic rings. The van der Waals surface area contributed by atoms with Gasteiger partial charge in [-0.25, -0.2) is 22.3 Å². The molecule has 0 unspecified atom stereocenters. The molecule has 1 fully saturated rings. The summed E-state index contributed by atoms with van der Waals surface area (Å²) in [4.78, 5) is 14.0. The van der Waals surface area contributed by atoms with Crippen molar-refractivity contribution in [2.24, 2.45) is 0 Å². The van der Waals surface area contributed by atoms with Crippen LogP contribution in [0.2, 0.25) is 0 Å². The highest BCUT2D eigenvalue weighted by molar-refractivity contribution is 7.88. The van der Waals surface area contributed by atoms with Crippen molar-refractivity contribution < 1.29 is 17.6 Å². The molecule has 1 aliphatic heterocycles. The number of carbonyl (C=O) groups is 1. The number of halogens is 1. The first-order chi connectivity index (χ1) is 10.9. The maximum Gasteiger partial charge on any atom is 0.317 e. The Balaban J connectivity index is 1.94. The number of nitrogens with zero attached hydrogens (tertiary/aromatic N) is 1. The molecular weight excluding hydrogens is 321 g/mol. The van der Waals surface area contributed by atoms with Crippen LogP contribution in [0.5, 0.6) is 0 Å². The van der Waals surface area contributed by atoms with E-state index in [2.05, 4.69) is 10.0 Å². The molecule has 2 amide bonds. The minimum Gasteiger partial charge on any atom is -0.334 e. The number of piperidine rings is 1. The quantitative estimate of drug-likeness (QED) is 0.849. The molecule has 1 aromatic rings. The topological polar surface area (TPSA) is 78.5 Å². The van der Waals surface area contributed by atoms with Crippen molar-refractivity contribution in [2.45, 2.75) is 31.8 Å². The second kappa shape index (κ2) is 7.74. The summed E-state index contributed by atoms with van der Waals surface area (Å²) < 4.78 is 38.5. The number of nitrogens with one attached hydrogen (secondary N) is 2. The minimum absolute atomic E-state index is 0.105. The lowest BCUT2D eigenvalue weighted by Crippen LogP contribution is -2.52. The van der Waals surface area contributed by atoms with Crippen LogP contribution in [0.3, 0.4) is 0 Å². The Hall–Kier alpha value is -1.67. The van der Waals surface area contributed by atoms with E-state index in [1.807, 2.05) is 0 Å². The molecule has 23 heavy (non-hydrogen) atoms. The summed E-state index contributed by atoms with van der Waals surface area (Å²) in [6, 6.07) is 5.80. The third kappa shape index (κ3) is 5.47. The molecule has 8 heteroatoms. The van der Waals surface area contributed by atoms with Crippen LogP contribution >= 0.6 is 0 Å². The molecule has 0 saturated carbocycles. The Morgan fingerprint density at radius 1 is 1.35 bits per heavy atom. The maximum atomic E-state index is 13.6. The van der Waals surface area contributed by atoms with Gasteiger partial charge in [-0.2, -0.15) is 0 Å². The molecular formula is C15H22FN3O3S. The van der Waals surface area contributed by atoms with E-state index in [4.69, 9.17) is 0 Å². The zero-order chi connectivity index (χ0) is 16.9. The van der Waals surface area contributed by atoms with Gasteiger partial charge >= 0.3 is 6.03 Å². The first kappa shape index (κ1) is 17.7. The summed E-state index contributed by atoms with van der Waals surface area (Å²) in [7, 11) is -3.29. The lowest BCUT2D eigenvalue weighted by molar-refractivity contribution is 0.151. The van der Waals surface area contributed by atoms with Crippen LogP contribution in [-0.4, -0.2) is 44.7 Å². The SMILES string of the molecule is CS(=O)(=O)NC[C@H]1CCCCN1C(=O)NCc1ccccc1F. The normalized spacial score (nSPS) is 18.7. The fourth-order valence-corrected chi connectivity index (χ4v) is 3.14. The Kier molecular flexibility index (Phi) is 5.95. The van der Waals surface area contributed by atoms with Crippen molar-refractivity contribution in [3.05, 3.63) is 35.6 Å². The third-order valence-electron chi connectivity index (χ3n) is 3.86. The molecule has 0 bridgehead atoms. The second-order valence-corrected chi connectivity index (χ2v) is 7.55. The van der Waals surface area contributed by atoms with Gasteiger partial charge in [-0.1, -0.05) is 18.2 Å². The van der Waals surface area contributed by atoms with E-state index in [0.717, 1.165) is 25.5 Å². The summed E-state index contributed by atoms with van der Waals surface area (Å²) in [5, 5.41) is 2.71. The van der Waals surface area contributed by atoms with Gasteiger partial charge < -0.3 is 10.2 Å². The largest absolute Gasteiger partial charge is 0.334 e. The van der Waals surface area contributed by atoms with Crippen LogP contribution in [0.25, 0.3) is 0 Å². The first-order valence-corrected chi connectivity index (χ1v) is 9.48. The highest BCUT2D eigenvalue weighted by atomic mass is 32.2. The van der Waals surface area contributed by atoms with E-state index in [1.54, 1.807) is 23.1 Å². The predicted octanol–water partition coefficient (Wildman–Crippen LogP) is 1.44. The van der Waals surface area contributed by atoms with Crippen LogP contribution in [0.1, 0.15) is 24.8 Å². The maximum absolute atomic E-state index is 13.6. The zero-order valence-corrected chi connectivity index (χ0v) is 13.9. The smallest absolute Gasteiger partial charge is 0.317 e. The highest BCUT2D eigenvalue weighted by Crippen LogP contribution is 2.17. The molecule has 0 aromatic heterocycles. The Morgan fingerprint density at radius 3 is 2.78 bits per heavy atom. The summed E-state index contributed by atoms with van der Waals surface area (Å²) in [5.74, 6) is -0.360. The molecule has 128 valence electrons. The van der Waals surface area contributed by atoms with E-state index in [1.165, 1.54) is 6.07 Å². The number of urea groups is 1. The van der Waals surface area contributed by atoms with Gasteiger partial charge in [-0.15, -0.1) is 0 Å². The number of rotatable bonds is 5. The molecule has 1 atom stereocenters. The van der Waals surface area contributed by atoms with Crippen LogP contribution in [0.15, 0.2) is 24.3 Å². The van der Waals surface area contributed by atoms with Gasteiger partial charge in [0.1, 0.15) is 5.82 Å². The van der Waals surface area contributed by atoms with Gasteiger partial charge in [-0.3, -0.25) is 0 Å². The molecule has 0 aliphatic carbocycles. The van der Waals surface area contributed by atoms with Crippen molar-refractivity contribution in [3.63, 3.8) is 0 Å². The Labute approximate surface area is 136 Å². The van der Waals surface area contributed by atoms with Gasteiger partial charge in [0.2, 0.25) is 10.0 Å². The zero-order valence-electron chi connectivity index (χ0n) is 13.1. The molecule has 1 aromatic carbocycles.